The molecule has 2 rings (SSSR count). The van der Waals surface area contributed by atoms with Crippen LogP contribution in [0.15, 0.2) is 12.2 Å². The Kier molecular flexibility index (Phi) is 1.66. The molecule has 76 valence electrons. The van der Waals surface area contributed by atoms with Crippen LogP contribution in [-0.2, 0) is 4.74 Å². The van der Waals surface area contributed by atoms with Gasteiger partial charge in [-0.1, -0.05) is 12.2 Å². The van der Waals surface area contributed by atoms with Crippen molar-refractivity contribution in [1.82, 2.24) is 0 Å². The van der Waals surface area contributed by atoms with E-state index in [0.717, 1.165) is 0 Å². The second kappa shape index (κ2) is 2.61. The number of rotatable bonds is 0. The van der Waals surface area contributed by atoms with Crippen LogP contribution in [0.4, 0.5) is 0 Å². The predicted octanol–water partition coefficient (Wildman–Crippen LogP) is 0.781. The highest BCUT2D eigenvalue weighted by Crippen LogP contribution is 2.61. The number of hydrogen-bond acceptors (Lipinski definition) is 5. The van der Waals surface area contributed by atoms with Crippen LogP contribution >= 0.6 is 0 Å². The predicted molar refractivity (Wildman–Crippen MR) is 49.7 cm³/mol. The summed E-state index contributed by atoms with van der Waals surface area (Å²) in [4.78, 5) is 0. The summed E-state index contributed by atoms with van der Waals surface area (Å²) in [6.45, 7) is 1.55. The van der Waals surface area contributed by atoms with Gasteiger partial charge in [-0.05, 0) is 6.92 Å². The Morgan fingerprint density at radius 2 is 1.62 bits per heavy atom. The fourth-order valence-electron chi connectivity index (χ4n) is 2.41. The van der Waals surface area contributed by atoms with E-state index in [-0.39, 0.29) is 0 Å². The lowest BCUT2D eigenvalue weighted by molar-refractivity contribution is 0.0224. The monoisotopic (exact) mass is 210 g/mol. The van der Waals surface area contributed by atoms with Gasteiger partial charge in [0.05, 0.1) is 24.3 Å². The molecule has 0 N–H and O–H groups in total. The molecule has 0 aromatic carbocycles. The first-order valence-corrected chi connectivity index (χ1v) is 4.58. The molecule has 0 aromatic rings. The highest BCUT2D eigenvalue weighted by atomic mass is 16.5. The molecule has 2 unspecified atom stereocenters. The minimum absolute atomic E-state index is 0.813. The van der Waals surface area contributed by atoms with Crippen LogP contribution in [0.2, 0.25) is 0 Å². The van der Waals surface area contributed by atoms with Crippen molar-refractivity contribution in [1.29, 1.82) is 21.0 Å². The summed E-state index contributed by atoms with van der Waals surface area (Å²) in [6, 6.07) is 7.21. The Bertz CT molecular complexity index is 522. The van der Waals surface area contributed by atoms with E-state index in [1.165, 1.54) is 0 Å². The number of hydrogen-bond donors (Lipinski definition) is 0. The molecule has 0 amide bonds. The standard InChI is InChI=1S/C11H6N4O/c1-9-3-2-8(16-9)10(4-12,5-13)11(9,6-14)7-15/h2-3,8H,1H3. The van der Waals surface area contributed by atoms with Crippen LogP contribution in [-0.4, -0.2) is 11.7 Å². The number of nitrogens with zero attached hydrogens (tertiary/aromatic N) is 4. The summed E-state index contributed by atoms with van der Waals surface area (Å²) >= 11 is 0. The topological polar surface area (TPSA) is 104 Å². The van der Waals surface area contributed by atoms with Crippen LogP contribution in [0, 0.1) is 56.2 Å². The number of fused-ring (bicyclic) bond motifs is 2. The Labute approximate surface area is 92.4 Å². The second-order valence-corrected chi connectivity index (χ2v) is 4.01. The molecule has 1 saturated heterocycles. The lowest BCUT2D eigenvalue weighted by Gasteiger charge is -2.33. The quantitative estimate of drug-likeness (QED) is 0.549. The van der Waals surface area contributed by atoms with Crippen LogP contribution in [0.25, 0.3) is 0 Å². The molecule has 2 aliphatic rings. The van der Waals surface area contributed by atoms with Gasteiger partial charge in [0, 0.05) is 0 Å². The molecule has 5 heteroatoms. The smallest absolute Gasteiger partial charge is 0.210 e. The van der Waals surface area contributed by atoms with Gasteiger partial charge in [0.2, 0.25) is 10.8 Å². The summed E-state index contributed by atoms with van der Waals surface area (Å²) in [7, 11) is 0. The van der Waals surface area contributed by atoms with Crippen molar-refractivity contribution in [3.63, 3.8) is 0 Å². The van der Waals surface area contributed by atoms with Gasteiger partial charge in [0.1, 0.15) is 11.7 Å². The average molecular weight is 210 g/mol. The molecule has 2 aliphatic heterocycles. The molecule has 16 heavy (non-hydrogen) atoms. The highest BCUT2D eigenvalue weighted by Gasteiger charge is 2.76. The highest BCUT2D eigenvalue weighted by molar-refractivity contribution is 5.50. The van der Waals surface area contributed by atoms with Crippen molar-refractivity contribution in [2.75, 3.05) is 0 Å². The average Bonchev–Trinajstić information content (AvgIpc) is 2.79. The summed E-state index contributed by atoms with van der Waals surface area (Å²) < 4.78 is 5.45. The van der Waals surface area contributed by atoms with Gasteiger partial charge in [-0.15, -0.1) is 0 Å². The van der Waals surface area contributed by atoms with Crippen molar-refractivity contribution in [2.24, 2.45) is 10.8 Å². The van der Waals surface area contributed by atoms with Gasteiger partial charge in [-0.25, -0.2) is 0 Å². The van der Waals surface area contributed by atoms with Gasteiger partial charge in [-0.2, -0.15) is 21.0 Å². The number of nitriles is 4. The zero-order valence-corrected chi connectivity index (χ0v) is 8.43. The Morgan fingerprint density at radius 1 is 1.06 bits per heavy atom. The molecule has 0 aromatic heterocycles. The van der Waals surface area contributed by atoms with E-state index in [2.05, 4.69) is 0 Å². The molecule has 0 radical (unpaired) electrons. The van der Waals surface area contributed by atoms with E-state index < -0.39 is 22.5 Å². The van der Waals surface area contributed by atoms with E-state index in [4.69, 9.17) is 15.3 Å². The minimum Gasteiger partial charge on any atom is -0.358 e. The van der Waals surface area contributed by atoms with E-state index in [1.807, 2.05) is 12.1 Å². The van der Waals surface area contributed by atoms with E-state index in [9.17, 15) is 10.5 Å². The lowest BCUT2D eigenvalue weighted by Crippen LogP contribution is -2.50. The molecule has 5 nitrogen and oxygen atoms in total. The summed E-state index contributed by atoms with van der Waals surface area (Å²) in [5.74, 6) is 0. The summed E-state index contributed by atoms with van der Waals surface area (Å²) in [6.07, 6.45) is 2.34. The molecule has 2 atom stereocenters. The molecule has 1 fully saturated rings. The molecule has 0 spiro atoms. The van der Waals surface area contributed by atoms with Crippen LogP contribution < -0.4 is 0 Å². The van der Waals surface area contributed by atoms with Gasteiger partial charge >= 0.3 is 0 Å². The van der Waals surface area contributed by atoms with Crippen molar-refractivity contribution in [3.05, 3.63) is 12.2 Å². The van der Waals surface area contributed by atoms with E-state index in [1.54, 1.807) is 31.2 Å². The van der Waals surface area contributed by atoms with Gasteiger partial charge in [0.25, 0.3) is 0 Å². The van der Waals surface area contributed by atoms with E-state index >= 15 is 0 Å². The van der Waals surface area contributed by atoms with Gasteiger partial charge in [-0.3, -0.25) is 0 Å². The third kappa shape index (κ3) is 0.664. The van der Waals surface area contributed by atoms with Crippen LogP contribution in [0.5, 0.6) is 0 Å². The SMILES string of the molecule is CC12C=CC(O1)C(C#N)(C#N)C2(C#N)C#N. The zero-order valence-electron chi connectivity index (χ0n) is 8.43. The molecule has 2 bridgehead atoms. The fraction of sp³-hybridized carbons (Fsp3) is 0.455. The molecular formula is C11H6N4O. The first-order valence-electron chi connectivity index (χ1n) is 4.58. The molecule has 0 saturated carbocycles. The van der Waals surface area contributed by atoms with Crippen molar-refractivity contribution in [2.45, 2.75) is 18.6 Å². The summed E-state index contributed by atoms with van der Waals surface area (Å²) in [5, 5.41) is 36.8. The maximum atomic E-state index is 9.21. The Balaban J connectivity index is 2.83. The first-order chi connectivity index (χ1) is 7.55. The first kappa shape index (κ1) is 10.2. The number of ether oxygens (including phenoxy) is 1. The van der Waals surface area contributed by atoms with Crippen molar-refractivity contribution < 1.29 is 4.74 Å². The third-order valence-electron chi connectivity index (χ3n) is 3.41. The third-order valence-corrected chi connectivity index (χ3v) is 3.41. The molecular weight excluding hydrogens is 204 g/mol. The van der Waals surface area contributed by atoms with Crippen LogP contribution in [0.3, 0.4) is 0 Å². The summed E-state index contributed by atoms with van der Waals surface area (Å²) in [5.41, 5.74) is -4.71. The maximum Gasteiger partial charge on any atom is 0.210 e. The zero-order chi connectivity index (χ0) is 12.0. The van der Waals surface area contributed by atoms with Gasteiger partial charge < -0.3 is 4.74 Å². The molecule has 0 aliphatic carbocycles. The van der Waals surface area contributed by atoms with Crippen LogP contribution in [0.1, 0.15) is 6.92 Å². The lowest BCUT2D eigenvalue weighted by atomic mass is 9.56. The normalized spacial score (nSPS) is 35.7. The minimum atomic E-state index is -1.77. The van der Waals surface area contributed by atoms with Gasteiger partial charge in [0.15, 0.2) is 0 Å². The second-order valence-electron chi connectivity index (χ2n) is 4.01. The maximum absolute atomic E-state index is 9.21. The fourth-order valence-corrected chi connectivity index (χ4v) is 2.41. The Hall–Kier alpha value is -2.34. The molecule has 2 heterocycles. The Morgan fingerprint density at radius 3 is 2.00 bits per heavy atom. The van der Waals surface area contributed by atoms with E-state index in [0.29, 0.717) is 0 Å². The van der Waals surface area contributed by atoms with Crippen molar-refractivity contribution >= 4 is 0 Å². The van der Waals surface area contributed by atoms with Crippen molar-refractivity contribution in [3.8, 4) is 24.3 Å². The largest absolute Gasteiger partial charge is 0.358 e.